The van der Waals surface area contributed by atoms with Crippen molar-refractivity contribution in [2.75, 3.05) is 44.1 Å². The maximum absolute atomic E-state index is 13.1. The number of hydrogen-bond acceptors (Lipinski definition) is 5. The van der Waals surface area contributed by atoms with Crippen molar-refractivity contribution in [1.29, 1.82) is 0 Å². The summed E-state index contributed by atoms with van der Waals surface area (Å²) in [5, 5.41) is 9.03. The van der Waals surface area contributed by atoms with Gasteiger partial charge in [0.25, 0.3) is 5.91 Å². The number of nitrogens with zero attached hydrogens (tertiary/aromatic N) is 1. The molecule has 0 spiro atoms. The average Bonchev–Trinajstić information content (AvgIpc) is 2.94. The molecule has 1 aliphatic heterocycles. The number of hydrogen-bond donors (Lipinski definition) is 3. The van der Waals surface area contributed by atoms with Crippen LogP contribution in [0.2, 0.25) is 0 Å². The molecule has 1 heterocycles. The van der Waals surface area contributed by atoms with Gasteiger partial charge in [0.15, 0.2) is 11.5 Å². The predicted molar refractivity (Wildman–Crippen MR) is 151 cm³/mol. The van der Waals surface area contributed by atoms with Gasteiger partial charge in [0.1, 0.15) is 0 Å². The van der Waals surface area contributed by atoms with Gasteiger partial charge in [0, 0.05) is 37.1 Å². The smallest absolute Gasteiger partial charge is 0.319 e. The summed E-state index contributed by atoms with van der Waals surface area (Å²) >= 11 is 0. The predicted octanol–water partition coefficient (Wildman–Crippen LogP) is 4.78. The highest BCUT2D eigenvalue weighted by Crippen LogP contribution is 2.28. The normalized spacial score (nSPS) is 13.5. The maximum atomic E-state index is 13.1. The molecule has 0 aromatic heterocycles. The van der Waals surface area contributed by atoms with Gasteiger partial charge in [-0.05, 0) is 68.1 Å². The lowest BCUT2D eigenvalue weighted by Crippen LogP contribution is -2.46. The topological polar surface area (TPSA) is 91.9 Å². The van der Waals surface area contributed by atoms with Crippen molar-refractivity contribution >= 4 is 23.3 Å². The first kappa shape index (κ1) is 26.9. The van der Waals surface area contributed by atoms with Crippen LogP contribution in [0.3, 0.4) is 0 Å². The average molecular weight is 517 g/mol. The standard InChI is InChI=1S/C30H36N4O4/c1-21-8-11-23(12-9-21)32-30(36)33-24-15-18-34(19-16-24)26-7-5-4-6-25(26)29(35)31-17-14-22-10-13-27(37-2)28(20-22)38-3/h4-13,20,24H,14-19H2,1-3H3,(H,31,35)(H2,32,33,36). The van der Waals surface area contributed by atoms with Crippen molar-refractivity contribution in [3.05, 3.63) is 83.4 Å². The van der Waals surface area contributed by atoms with E-state index in [1.165, 1.54) is 0 Å². The van der Waals surface area contributed by atoms with Gasteiger partial charge in [-0.2, -0.15) is 0 Å². The summed E-state index contributed by atoms with van der Waals surface area (Å²) in [5.74, 6) is 1.26. The van der Waals surface area contributed by atoms with E-state index in [0.29, 0.717) is 30.0 Å². The Bertz CT molecular complexity index is 1240. The van der Waals surface area contributed by atoms with Gasteiger partial charge in [-0.15, -0.1) is 0 Å². The lowest BCUT2D eigenvalue weighted by molar-refractivity contribution is 0.0954. The van der Waals surface area contributed by atoms with Crippen LogP contribution in [-0.4, -0.2) is 51.8 Å². The number of rotatable bonds is 9. The zero-order valence-corrected chi connectivity index (χ0v) is 22.3. The van der Waals surface area contributed by atoms with Crippen LogP contribution in [0, 0.1) is 6.92 Å². The maximum Gasteiger partial charge on any atom is 0.319 e. The molecule has 0 saturated carbocycles. The van der Waals surface area contributed by atoms with Crippen LogP contribution in [0.1, 0.15) is 34.3 Å². The monoisotopic (exact) mass is 516 g/mol. The number of aryl methyl sites for hydroxylation is 1. The molecule has 8 nitrogen and oxygen atoms in total. The molecule has 3 N–H and O–H groups in total. The lowest BCUT2D eigenvalue weighted by Gasteiger charge is -2.34. The number of ether oxygens (including phenoxy) is 2. The van der Waals surface area contributed by atoms with Crippen molar-refractivity contribution in [3.63, 3.8) is 0 Å². The molecule has 3 amide bonds. The quantitative estimate of drug-likeness (QED) is 0.381. The van der Waals surface area contributed by atoms with E-state index in [-0.39, 0.29) is 18.0 Å². The summed E-state index contributed by atoms with van der Waals surface area (Å²) in [5.41, 5.74) is 4.55. The Morgan fingerprint density at radius 3 is 2.34 bits per heavy atom. The summed E-state index contributed by atoms with van der Waals surface area (Å²) in [6.07, 6.45) is 2.28. The Morgan fingerprint density at radius 1 is 0.921 bits per heavy atom. The Hall–Kier alpha value is -4.20. The van der Waals surface area contributed by atoms with E-state index < -0.39 is 0 Å². The minimum absolute atomic E-state index is 0.0826. The number of anilines is 2. The minimum Gasteiger partial charge on any atom is -0.493 e. The van der Waals surface area contributed by atoms with Gasteiger partial charge in [-0.25, -0.2) is 4.79 Å². The van der Waals surface area contributed by atoms with Crippen molar-refractivity contribution in [3.8, 4) is 11.5 Å². The number of carbonyl (C=O) groups is 2. The van der Waals surface area contributed by atoms with E-state index in [4.69, 9.17) is 9.47 Å². The van der Waals surface area contributed by atoms with Crippen molar-refractivity contribution in [2.45, 2.75) is 32.2 Å². The second kappa shape index (κ2) is 12.9. The number of methoxy groups -OCH3 is 2. The highest BCUT2D eigenvalue weighted by Gasteiger charge is 2.24. The SMILES string of the molecule is COc1ccc(CCNC(=O)c2ccccc2N2CCC(NC(=O)Nc3ccc(C)cc3)CC2)cc1OC. The summed E-state index contributed by atoms with van der Waals surface area (Å²) in [7, 11) is 3.22. The number of piperidine rings is 1. The molecule has 1 aliphatic rings. The third-order valence-corrected chi connectivity index (χ3v) is 6.78. The van der Waals surface area contributed by atoms with E-state index in [1.807, 2.05) is 73.7 Å². The summed E-state index contributed by atoms with van der Waals surface area (Å²) in [4.78, 5) is 27.7. The Kier molecular flexibility index (Phi) is 9.08. The van der Waals surface area contributed by atoms with Crippen LogP contribution in [0.15, 0.2) is 66.7 Å². The van der Waals surface area contributed by atoms with Gasteiger partial charge in [-0.3, -0.25) is 4.79 Å². The van der Waals surface area contributed by atoms with Crippen molar-refractivity contribution in [2.24, 2.45) is 0 Å². The van der Waals surface area contributed by atoms with Crippen LogP contribution in [0.5, 0.6) is 11.5 Å². The second-order valence-corrected chi connectivity index (χ2v) is 9.44. The van der Waals surface area contributed by atoms with Crippen LogP contribution in [0.25, 0.3) is 0 Å². The molecule has 1 fully saturated rings. The van der Waals surface area contributed by atoms with Gasteiger partial charge in [0.05, 0.1) is 19.8 Å². The Labute approximate surface area is 224 Å². The molecule has 1 saturated heterocycles. The first-order valence-corrected chi connectivity index (χ1v) is 12.9. The largest absolute Gasteiger partial charge is 0.493 e. The number of amides is 3. The molecule has 0 aliphatic carbocycles. The number of benzene rings is 3. The fraction of sp³-hybridized carbons (Fsp3) is 0.333. The molecular weight excluding hydrogens is 480 g/mol. The summed E-state index contributed by atoms with van der Waals surface area (Å²) < 4.78 is 10.7. The Balaban J connectivity index is 1.28. The van der Waals surface area contributed by atoms with Gasteiger partial charge in [0.2, 0.25) is 0 Å². The zero-order valence-electron chi connectivity index (χ0n) is 22.3. The molecule has 200 valence electrons. The fourth-order valence-electron chi connectivity index (χ4n) is 4.65. The molecule has 8 heteroatoms. The first-order valence-electron chi connectivity index (χ1n) is 12.9. The third-order valence-electron chi connectivity index (χ3n) is 6.78. The lowest BCUT2D eigenvalue weighted by atomic mass is 10.0. The van der Waals surface area contributed by atoms with Gasteiger partial charge >= 0.3 is 6.03 Å². The molecular formula is C30H36N4O4. The van der Waals surface area contributed by atoms with Crippen LogP contribution in [0.4, 0.5) is 16.2 Å². The number of nitrogens with one attached hydrogen (secondary N) is 3. The van der Waals surface area contributed by atoms with E-state index >= 15 is 0 Å². The zero-order chi connectivity index (χ0) is 26.9. The van der Waals surface area contributed by atoms with E-state index in [2.05, 4.69) is 20.9 Å². The third kappa shape index (κ3) is 6.97. The molecule has 0 bridgehead atoms. The second-order valence-electron chi connectivity index (χ2n) is 9.44. The summed E-state index contributed by atoms with van der Waals surface area (Å²) in [6, 6.07) is 21.1. The molecule has 3 aromatic rings. The molecule has 3 aromatic carbocycles. The Morgan fingerprint density at radius 2 is 1.63 bits per heavy atom. The van der Waals surface area contributed by atoms with Gasteiger partial charge in [-0.1, -0.05) is 35.9 Å². The first-order chi connectivity index (χ1) is 18.5. The van der Waals surface area contributed by atoms with Gasteiger partial charge < -0.3 is 30.3 Å². The van der Waals surface area contributed by atoms with Crippen LogP contribution < -0.4 is 30.3 Å². The number of urea groups is 1. The van der Waals surface area contributed by atoms with E-state index in [0.717, 1.165) is 48.4 Å². The van der Waals surface area contributed by atoms with Crippen molar-refractivity contribution in [1.82, 2.24) is 10.6 Å². The summed E-state index contributed by atoms with van der Waals surface area (Å²) in [6.45, 7) is 4.03. The molecule has 0 atom stereocenters. The van der Waals surface area contributed by atoms with Crippen LogP contribution in [-0.2, 0) is 6.42 Å². The minimum atomic E-state index is -0.193. The van der Waals surface area contributed by atoms with Crippen molar-refractivity contribution < 1.29 is 19.1 Å². The van der Waals surface area contributed by atoms with E-state index in [9.17, 15) is 9.59 Å². The molecule has 4 rings (SSSR count). The highest BCUT2D eigenvalue weighted by atomic mass is 16.5. The molecule has 0 unspecified atom stereocenters. The molecule has 38 heavy (non-hydrogen) atoms. The number of para-hydroxylation sites is 1. The highest BCUT2D eigenvalue weighted by molar-refractivity contribution is 5.99. The molecule has 0 radical (unpaired) electrons. The number of carbonyl (C=O) groups excluding carboxylic acids is 2. The van der Waals surface area contributed by atoms with Crippen LogP contribution >= 0.6 is 0 Å². The van der Waals surface area contributed by atoms with E-state index in [1.54, 1.807) is 14.2 Å². The fourth-order valence-corrected chi connectivity index (χ4v) is 4.65.